The zero-order valence-electron chi connectivity index (χ0n) is 25.3. The number of halogens is 2. The number of unbranched alkanes of at least 4 members (excludes halogenated alkanes) is 3. The molecule has 4 amide bonds. The molecule has 0 radical (unpaired) electrons. The normalized spacial score (nSPS) is 16.0. The molecule has 242 valence electrons. The maximum absolute atomic E-state index is 13.2. The second-order valence-electron chi connectivity index (χ2n) is 11.4. The molecule has 0 aliphatic carbocycles. The van der Waals surface area contributed by atoms with Crippen LogP contribution >= 0.6 is 23.2 Å². The predicted octanol–water partition coefficient (Wildman–Crippen LogP) is 5.62. The maximum atomic E-state index is 13.2. The number of imide groups is 2. The largest absolute Gasteiger partial charge is 0.461 e. The van der Waals surface area contributed by atoms with Gasteiger partial charge >= 0.3 is 5.97 Å². The van der Waals surface area contributed by atoms with Crippen molar-refractivity contribution in [1.29, 1.82) is 0 Å². The van der Waals surface area contributed by atoms with Crippen molar-refractivity contribution in [2.24, 2.45) is 0 Å². The van der Waals surface area contributed by atoms with Crippen molar-refractivity contribution in [2.75, 3.05) is 18.5 Å². The fourth-order valence-electron chi connectivity index (χ4n) is 5.91. The molecule has 4 aromatic rings. The second-order valence-corrected chi connectivity index (χ2v) is 12.3. The van der Waals surface area contributed by atoms with Crippen LogP contribution in [0.4, 0.5) is 5.69 Å². The number of amides is 4. The average molecular weight is 677 g/mol. The highest BCUT2D eigenvalue weighted by Gasteiger charge is 2.45. The summed E-state index contributed by atoms with van der Waals surface area (Å²) in [7, 11) is 0. The Morgan fingerprint density at radius 3 is 2.57 bits per heavy atom. The molecular weight excluding hydrogens is 645 g/mol. The minimum Gasteiger partial charge on any atom is -0.461 e. The highest BCUT2D eigenvalue weighted by molar-refractivity contribution is 6.35. The third kappa shape index (κ3) is 6.72. The Morgan fingerprint density at radius 2 is 1.77 bits per heavy atom. The molecule has 2 N–H and O–H groups in total. The number of hydrogen-bond donors (Lipinski definition) is 2. The molecule has 1 atom stereocenters. The Morgan fingerprint density at radius 1 is 0.957 bits per heavy atom. The fourth-order valence-corrected chi connectivity index (χ4v) is 6.38. The number of rotatable bonds is 12. The van der Waals surface area contributed by atoms with Crippen LogP contribution in [0.25, 0.3) is 10.9 Å². The molecule has 1 aromatic heterocycles. The Bertz CT molecular complexity index is 1910. The summed E-state index contributed by atoms with van der Waals surface area (Å²) in [4.78, 5) is 64.1. The molecule has 6 rings (SSSR count). The minimum absolute atomic E-state index is 0.0658. The van der Waals surface area contributed by atoms with Crippen LogP contribution in [-0.4, -0.2) is 63.5 Å². The molecule has 11 nitrogen and oxygen atoms in total. The van der Waals surface area contributed by atoms with Crippen LogP contribution in [0.2, 0.25) is 10.0 Å². The van der Waals surface area contributed by atoms with Gasteiger partial charge in [0.15, 0.2) is 5.69 Å². The van der Waals surface area contributed by atoms with E-state index in [0.717, 1.165) is 35.2 Å². The number of hydrogen-bond acceptors (Lipinski definition) is 8. The number of carbonyl (C=O) groups excluding carboxylic acids is 5. The van der Waals surface area contributed by atoms with E-state index in [1.807, 2.05) is 30.3 Å². The zero-order chi connectivity index (χ0) is 33.1. The molecule has 2 aliphatic rings. The molecule has 13 heteroatoms. The van der Waals surface area contributed by atoms with Crippen LogP contribution in [0.3, 0.4) is 0 Å². The number of benzene rings is 3. The summed E-state index contributed by atoms with van der Waals surface area (Å²) in [6.45, 7) is 1.17. The number of fused-ring (bicyclic) bond motifs is 2. The van der Waals surface area contributed by atoms with E-state index in [1.165, 1.54) is 0 Å². The van der Waals surface area contributed by atoms with Gasteiger partial charge in [0, 0.05) is 34.1 Å². The van der Waals surface area contributed by atoms with Crippen molar-refractivity contribution in [3.63, 3.8) is 0 Å². The first kappa shape index (κ1) is 32.2. The average Bonchev–Trinajstić information content (AvgIpc) is 3.54. The molecular formula is C34H31Cl2N5O6. The van der Waals surface area contributed by atoms with E-state index in [1.54, 1.807) is 35.0 Å². The lowest BCUT2D eigenvalue weighted by Crippen LogP contribution is -2.54. The second kappa shape index (κ2) is 13.9. The monoisotopic (exact) mass is 675 g/mol. The number of nitrogens with zero attached hydrogens (tertiary/aromatic N) is 3. The lowest BCUT2D eigenvalue weighted by atomic mass is 10.0. The summed E-state index contributed by atoms with van der Waals surface area (Å²) in [5.74, 6) is -2.63. The molecule has 0 spiro atoms. The number of anilines is 1. The summed E-state index contributed by atoms with van der Waals surface area (Å²) < 4.78 is 7.29. The molecule has 3 aromatic carbocycles. The van der Waals surface area contributed by atoms with Crippen molar-refractivity contribution in [3.8, 4) is 0 Å². The summed E-state index contributed by atoms with van der Waals surface area (Å²) >= 11 is 12.4. The van der Waals surface area contributed by atoms with Gasteiger partial charge in [-0.05, 0) is 61.6 Å². The van der Waals surface area contributed by atoms with E-state index in [-0.39, 0.29) is 36.3 Å². The molecule has 2 aliphatic heterocycles. The number of para-hydroxylation sites is 1. The Kier molecular flexibility index (Phi) is 9.55. The molecule has 3 heterocycles. The van der Waals surface area contributed by atoms with E-state index < -0.39 is 35.6 Å². The van der Waals surface area contributed by atoms with E-state index in [4.69, 9.17) is 27.9 Å². The standard InChI is InChI=1S/C34H31Cl2N5O6/c35-21-13-12-20(24(36)18-21)19-40-26-11-4-3-8-22(26)30(39-40)34(46)47-17-6-2-1-5-16-37-25-10-7-9-23-29(25)33(45)41(32(23)44)27-14-15-28(42)38-31(27)43/h3-4,7-13,18,27,37H,1-2,5-6,14-17,19H2,(H,38,42,43). The number of carbonyl (C=O) groups is 5. The fraction of sp³-hybridized carbons (Fsp3) is 0.294. The quantitative estimate of drug-likeness (QED) is 0.112. The summed E-state index contributed by atoms with van der Waals surface area (Å²) in [6, 6.07) is 16.7. The highest BCUT2D eigenvalue weighted by Crippen LogP contribution is 2.32. The van der Waals surface area contributed by atoms with Crippen LogP contribution in [0, 0.1) is 0 Å². The number of piperidine rings is 1. The Labute approximate surface area is 280 Å². The Hall–Kier alpha value is -4.74. The van der Waals surface area contributed by atoms with E-state index in [0.29, 0.717) is 40.6 Å². The first-order valence-corrected chi connectivity index (χ1v) is 16.1. The van der Waals surface area contributed by atoms with E-state index in [2.05, 4.69) is 15.7 Å². The summed E-state index contributed by atoms with van der Waals surface area (Å²) in [5, 5.41) is 11.8. The van der Waals surface area contributed by atoms with Crippen LogP contribution in [0.1, 0.15) is 75.3 Å². The summed E-state index contributed by atoms with van der Waals surface area (Å²) in [5.41, 5.74) is 2.85. The maximum Gasteiger partial charge on any atom is 0.359 e. The SMILES string of the molecule is O=C1CCC(N2C(=O)c3cccc(NCCCCCCOC(=O)c4nn(Cc5ccc(Cl)cc5Cl)c5ccccc45)c3C2=O)C(=O)N1. The van der Waals surface area contributed by atoms with E-state index in [9.17, 15) is 24.0 Å². The van der Waals surface area contributed by atoms with E-state index >= 15 is 0 Å². The third-order valence-corrected chi connectivity index (χ3v) is 8.86. The van der Waals surface area contributed by atoms with Gasteiger partial charge in [-0.3, -0.25) is 34.1 Å². The van der Waals surface area contributed by atoms with Gasteiger partial charge in [-0.15, -0.1) is 0 Å². The van der Waals surface area contributed by atoms with Crippen LogP contribution in [0.15, 0.2) is 60.7 Å². The van der Waals surface area contributed by atoms with Crippen LogP contribution in [0.5, 0.6) is 0 Å². The van der Waals surface area contributed by atoms with Gasteiger partial charge in [0.1, 0.15) is 6.04 Å². The van der Waals surface area contributed by atoms with Crippen molar-refractivity contribution >= 4 is 69.4 Å². The molecule has 1 fully saturated rings. The molecule has 0 bridgehead atoms. The van der Waals surface area contributed by atoms with Crippen LogP contribution in [-0.2, 0) is 20.9 Å². The third-order valence-electron chi connectivity index (χ3n) is 8.27. The smallest absolute Gasteiger partial charge is 0.359 e. The van der Waals surface area contributed by atoms with Crippen molar-refractivity contribution < 1.29 is 28.7 Å². The number of nitrogens with one attached hydrogen (secondary N) is 2. The molecule has 1 saturated heterocycles. The van der Waals surface area contributed by atoms with Gasteiger partial charge in [-0.25, -0.2) is 4.79 Å². The molecule has 0 saturated carbocycles. The number of aromatic nitrogens is 2. The van der Waals surface area contributed by atoms with Crippen molar-refractivity contribution in [3.05, 3.63) is 93.1 Å². The Balaban J connectivity index is 0.970. The lowest BCUT2D eigenvalue weighted by Gasteiger charge is -2.27. The predicted molar refractivity (Wildman–Crippen MR) is 176 cm³/mol. The topological polar surface area (TPSA) is 140 Å². The zero-order valence-corrected chi connectivity index (χ0v) is 26.8. The highest BCUT2D eigenvalue weighted by atomic mass is 35.5. The minimum atomic E-state index is -1.01. The van der Waals surface area contributed by atoms with Gasteiger partial charge in [-0.1, -0.05) is 60.0 Å². The first-order valence-electron chi connectivity index (χ1n) is 15.4. The number of esters is 1. The van der Waals surface area contributed by atoms with Crippen molar-refractivity contribution in [1.82, 2.24) is 20.0 Å². The van der Waals surface area contributed by atoms with Gasteiger partial charge in [0.2, 0.25) is 11.8 Å². The van der Waals surface area contributed by atoms with Gasteiger partial charge in [0.05, 0.1) is 29.8 Å². The lowest BCUT2D eigenvalue weighted by molar-refractivity contribution is -0.136. The molecule has 1 unspecified atom stereocenters. The van der Waals surface area contributed by atoms with Crippen LogP contribution < -0.4 is 10.6 Å². The number of ether oxygens (including phenoxy) is 1. The first-order chi connectivity index (χ1) is 22.7. The van der Waals surface area contributed by atoms with Gasteiger partial charge in [0.25, 0.3) is 11.8 Å². The van der Waals surface area contributed by atoms with Crippen molar-refractivity contribution in [2.45, 2.75) is 51.1 Å². The van der Waals surface area contributed by atoms with Gasteiger partial charge < -0.3 is 10.1 Å². The molecule has 47 heavy (non-hydrogen) atoms. The summed E-state index contributed by atoms with van der Waals surface area (Å²) in [6.07, 6.45) is 3.27. The van der Waals surface area contributed by atoms with Gasteiger partial charge in [-0.2, -0.15) is 5.10 Å².